The molecule has 4 rings (SSSR count). The van der Waals surface area contributed by atoms with Gasteiger partial charge in [0.05, 0.1) is 20.8 Å². The number of hydrogen-bond acceptors (Lipinski definition) is 4. The van der Waals surface area contributed by atoms with Gasteiger partial charge in [0.25, 0.3) is 5.91 Å². The van der Waals surface area contributed by atoms with Crippen molar-refractivity contribution in [3.63, 3.8) is 0 Å². The molecule has 0 spiro atoms. The zero-order valence-corrected chi connectivity index (χ0v) is 19.4. The normalized spacial score (nSPS) is 10.8. The summed E-state index contributed by atoms with van der Waals surface area (Å²) in [4.78, 5) is 26.9. The average Bonchev–Trinajstić information content (AvgIpc) is 3.24. The smallest absolute Gasteiger partial charge is 0.251 e. The van der Waals surface area contributed by atoms with Crippen LogP contribution in [-0.2, 0) is 11.2 Å². The van der Waals surface area contributed by atoms with Gasteiger partial charge in [-0.3, -0.25) is 9.59 Å². The molecule has 0 aliphatic carbocycles. The highest BCUT2D eigenvalue weighted by molar-refractivity contribution is 5.98. The summed E-state index contributed by atoms with van der Waals surface area (Å²) < 4.78 is 10.9. The number of hydrogen-bond donors (Lipinski definition) is 3. The van der Waals surface area contributed by atoms with Gasteiger partial charge in [0.2, 0.25) is 5.91 Å². The second-order valence-electron chi connectivity index (χ2n) is 7.89. The van der Waals surface area contributed by atoms with E-state index in [1.54, 1.807) is 20.3 Å². The van der Waals surface area contributed by atoms with Crippen LogP contribution in [0.15, 0.2) is 60.7 Å². The number of nitrogens with two attached hydrogens (primary N) is 1. The third kappa shape index (κ3) is 4.45. The number of aryl methyl sites for hydroxylation is 1. The summed E-state index contributed by atoms with van der Waals surface area (Å²) in [5, 5.41) is 3.65. The number of aromatic amines is 1. The van der Waals surface area contributed by atoms with Gasteiger partial charge < -0.3 is 25.5 Å². The highest BCUT2D eigenvalue weighted by Gasteiger charge is 2.15. The monoisotopic (exact) mass is 457 g/mol. The second-order valence-corrected chi connectivity index (χ2v) is 7.89. The Bertz CT molecular complexity index is 1370. The third-order valence-electron chi connectivity index (χ3n) is 5.81. The minimum Gasteiger partial charge on any atom is -0.493 e. The Hall–Kier alpha value is -4.26. The zero-order valence-electron chi connectivity index (χ0n) is 19.4. The summed E-state index contributed by atoms with van der Waals surface area (Å²) in [5.41, 5.74) is 11.8. The van der Waals surface area contributed by atoms with Crippen molar-refractivity contribution in [3.8, 4) is 33.9 Å². The summed E-state index contributed by atoms with van der Waals surface area (Å²) in [5.74, 6) is 0.434. The molecule has 34 heavy (non-hydrogen) atoms. The number of carbonyl (C=O) groups excluding carboxylic acids is 2. The van der Waals surface area contributed by atoms with E-state index in [2.05, 4.69) is 23.3 Å². The molecule has 4 N–H and O–H groups in total. The van der Waals surface area contributed by atoms with E-state index in [-0.39, 0.29) is 12.5 Å². The van der Waals surface area contributed by atoms with Crippen molar-refractivity contribution in [1.82, 2.24) is 10.3 Å². The molecule has 0 bridgehead atoms. The van der Waals surface area contributed by atoms with Gasteiger partial charge in [-0.15, -0.1) is 0 Å². The predicted octanol–water partition coefficient (Wildman–Crippen LogP) is 4.30. The topological polar surface area (TPSA) is 106 Å². The van der Waals surface area contributed by atoms with Gasteiger partial charge in [-0.1, -0.05) is 25.1 Å². The van der Waals surface area contributed by atoms with Crippen LogP contribution in [0.2, 0.25) is 0 Å². The van der Waals surface area contributed by atoms with E-state index in [1.807, 2.05) is 48.5 Å². The molecule has 174 valence electrons. The second kappa shape index (κ2) is 9.70. The fraction of sp³-hybridized carbons (Fsp3) is 0.185. The lowest BCUT2D eigenvalue weighted by atomic mass is 9.98. The van der Waals surface area contributed by atoms with Crippen molar-refractivity contribution >= 4 is 22.7 Å². The Morgan fingerprint density at radius 1 is 0.912 bits per heavy atom. The van der Waals surface area contributed by atoms with Gasteiger partial charge >= 0.3 is 0 Å². The Morgan fingerprint density at radius 3 is 2.35 bits per heavy atom. The molecular formula is C27H27N3O4. The van der Waals surface area contributed by atoms with Crippen LogP contribution in [0.5, 0.6) is 11.5 Å². The average molecular weight is 458 g/mol. The standard InChI is InChI=1S/C27H27N3O4/c1-4-20-21-13-17(16-6-5-7-19(12-16)27(32)29-15-25(28)31)8-10-22(21)30-26(20)18-9-11-23(33-2)24(14-18)34-3/h5-14,30H,4,15H2,1-3H3,(H2,28,31)(H,29,32). The first-order chi connectivity index (χ1) is 16.4. The van der Waals surface area contributed by atoms with Crippen LogP contribution < -0.4 is 20.5 Å². The van der Waals surface area contributed by atoms with Crippen molar-refractivity contribution < 1.29 is 19.1 Å². The number of amides is 2. The Kier molecular flexibility index (Phi) is 6.54. The van der Waals surface area contributed by atoms with Crippen LogP contribution >= 0.6 is 0 Å². The molecule has 2 amide bonds. The van der Waals surface area contributed by atoms with E-state index in [0.717, 1.165) is 39.7 Å². The quantitative estimate of drug-likeness (QED) is 0.367. The van der Waals surface area contributed by atoms with Crippen LogP contribution in [0.25, 0.3) is 33.3 Å². The maximum absolute atomic E-state index is 12.4. The van der Waals surface area contributed by atoms with Crippen molar-refractivity contribution in [1.29, 1.82) is 0 Å². The highest BCUT2D eigenvalue weighted by atomic mass is 16.5. The first kappa shape index (κ1) is 22.9. The Balaban J connectivity index is 1.74. The number of ether oxygens (including phenoxy) is 2. The lowest BCUT2D eigenvalue weighted by molar-refractivity contribution is -0.117. The van der Waals surface area contributed by atoms with Crippen LogP contribution in [0, 0.1) is 0 Å². The van der Waals surface area contributed by atoms with Crippen molar-refractivity contribution in [2.45, 2.75) is 13.3 Å². The molecule has 0 saturated carbocycles. The van der Waals surface area contributed by atoms with Crippen molar-refractivity contribution in [2.75, 3.05) is 20.8 Å². The molecule has 0 saturated heterocycles. The summed E-state index contributed by atoms with van der Waals surface area (Å²) >= 11 is 0. The molecule has 0 fully saturated rings. The molecule has 7 heteroatoms. The van der Waals surface area contributed by atoms with E-state index in [9.17, 15) is 9.59 Å². The van der Waals surface area contributed by atoms with Crippen LogP contribution in [0.4, 0.5) is 0 Å². The third-order valence-corrected chi connectivity index (χ3v) is 5.81. The molecule has 0 radical (unpaired) electrons. The lowest BCUT2D eigenvalue weighted by Gasteiger charge is -2.10. The number of methoxy groups -OCH3 is 2. The summed E-state index contributed by atoms with van der Waals surface area (Å²) in [6.07, 6.45) is 0.836. The first-order valence-corrected chi connectivity index (χ1v) is 11.0. The molecule has 0 atom stereocenters. The molecule has 3 aromatic carbocycles. The number of benzene rings is 3. The van der Waals surface area contributed by atoms with E-state index in [1.165, 1.54) is 5.56 Å². The molecule has 0 aliphatic rings. The number of rotatable bonds is 8. The van der Waals surface area contributed by atoms with Crippen LogP contribution in [0.3, 0.4) is 0 Å². The lowest BCUT2D eigenvalue weighted by Crippen LogP contribution is -2.33. The molecular weight excluding hydrogens is 430 g/mol. The molecule has 0 unspecified atom stereocenters. The van der Waals surface area contributed by atoms with Gasteiger partial charge in [-0.05, 0) is 65.6 Å². The molecule has 1 heterocycles. The highest BCUT2D eigenvalue weighted by Crippen LogP contribution is 2.37. The largest absolute Gasteiger partial charge is 0.493 e. The minimum atomic E-state index is -0.584. The number of primary amides is 1. The SMILES string of the molecule is CCc1c(-c2ccc(OC)c(OC)c2)[nH]c2ccc(-c3cccc(C(=O)NCC(N)=O)c3)cc12. The minimum absolute atomic E-state index is 0.197. The number of aromatic nitrogens is 1. The van der Waals surface area contributed by atoms with Gasteiger partial charge in [-0.2, -0.15) is 0 Å². The van der Waals surface area contributed by atoms with E-state index in [0.29, 0.717) is 17.1 Å². The van der Waals surface area contributed by atoms with E-state index < -0.39 is 5.91 Å². The first-order valence-electron chi connectivity index (χ1n) is 11.0. The van der Waals surface area contributed by atoms with Gasteiger partial charge in [-0.25, -0.2) is 0 Å². The summed E-state index contributed by atoms with van der Waals surface area (Å²) in [7, 11) is 3.25. The molecule has 1 aromatic heterocycles. The number of nitrogens with one attached hydrogen (secondary N) is 2. The Labute approximate surface area is 197 Å². The summed E-state index contributed by atoms with van der Waals surface area (Å²) in [6.45, 7) is 1.93. The molecule has 0 aliphatic heterocycles. The van der Waals surface area contributed by atoms with Gasteiger partial charge in [0.1, 0.15) is 0 Å². The number of fused-ring (bicyclic) bond motifs is 1. The van der Waals surface area contributed by atoms with Gasteiger partial charge in [0.15, 0.2) is 11.5 Å². The van der Waals surface area contributed by atoms with Crippen molar-refractivity contribution in [2.24, 2.45) is 5.73 Å². The van der Waals surface area contributed by atoms with E-state index >= 15 is 0 Å². The maximum atomic E-state index is 12.4. The number of H-pyrrole nitrogens is 1. The maximum Gasteiger partial charge on any atom is 0.251 e. The van der Waals surface area contributed by atoms with E-state index in [4.69, 9.17) is 15.2 Å². The molecule has 4 aromatic rings. The fourth-order valence-corrected chi connectivity index (χ4v) is 4.14. The fourth-order valence-electron chi connectivity index (χ4n) is 4.14. The zero-order chi connectivity index (χ0) is 24.2. The molecule has 7 nitrogen and oxygen atoms in total. The van der Waals surface area contributed by atoms with Gasteiger partial charge in [0, 0.05) is 27.7 Å². The summed E-state index contributed by atoms with van der Waals surface area (Å²) in [6, 6.07) is 19.4. The predicted molar refractivity (Wildman–Crippen MR) is 133 cm³/mol. The van der Waals surface area contributed by atoms with Crippen LogP contribution in [0.1, 0.15) is 22.8 Å². The van der Waals surface area contributed by atoms with Crippen LogP contribution in [-0.4, -0.2) is 37.6 Å². The Morgan fingerprint density at radius 2 is 1.65 bits per heavy atom. The van der Waals surface area contributed by atoms with Crippen molar-refractivity contribution in [3.05, 3.63) is 71.8 Å². The number of carbonyl (C=O) groups is 2.